The molecule has 3 aromatic rings. The van der Waals surface area contributed by atoms with Crippen LogP contribution >= 0.6 is 0 Å². The zero-order valence-electron chi connectivity index (χ0n) is 15.8. The van der Waals surface area contributed by atoms with Crippen LogP contribution in [0, 0.1) is 6.92 Å². The van der Waals surface area contributed by atoms with Crippen LogP contribution in [0.2, 0.25) is 0 Å². The Morgan fingerprint density at radius 1 is 1.15 bits per heavy atom. The highest BCUT2D eigenvalue weighted by atomic mass is 16.5. The van der Waals surface area contributed by atoms with Crippen LogP contribution in [-0.4, -0.2) is 29.8 Å². The number of carbonyl (C=O) groups is 1. The maximum absolute atomic E-state index is 12.6. The fourth-order valence-corrected chi connectivity index (χ4v) is 2.85. The van der Waals surface area contributed by atoms with Crippen molar-refractivity contribution >= 4 is 11.6 Å². The van der Waals surface area contributed by atoms with Crippen molar-refractivity contribution in [2.45, 2.75) is 26.7 Å². The molecular formula is C21H23N3O3. The second-order valence-corrected chi connectivity index (χ2v) is 6.21. The number of nitrogens with zero attached hydrogens (tertiary/aromatic N) is 3. The Hall–Kier alpha value is -3.15. The zero-order valence-corrected chi connectivity index (χ0v) is 15.8. The van der Waals surface area contributed by atoms with Gasteiger partial charge in [-0.05, 0) is 55.8 Å². The number of aryl methyl sites for hydroxylation is 2. The van der Waals surface area contributed by atoms with E-state index in [0.717, 1.165) is 22.6 Å². The lowest BCUT2D eigenvalue weighted by atomic mass is 10.2. The lowest BCUT2D eigenvalue weighted by Gasteiger charge is -2.21. The van der Waals surface area contributed by atoms with Crippen LogP contribution in [0.15, 0.2) is 52.9 Å². The highest BCUT2D eigenvalue weighted by Gasteiger charge is 2.16. The molecule has 0 N–H and O–H groups in total. The first-order valence-corrected chi connectivity index (χ1v) is 8.94. The molecule has 140 valence electrons. The molecule has 1 aromatic heterocycles. The van der Waals surface area contributed by atoms with Crippen molar-refractivity contribution in [2.24, 2.45) is 0 Å². The summed E-state index contributed by atoms with van der Waals surface area (Å²) >= 11 is 0. The fraction of sp³-hybridized carbons (Fsp3) is 0.286. The van der Waals surface area contributed by atoms with Crippen LogP contribution in [0.3, 0.4) is 0 Å². The normalized spacial score (nSPS) is 10.6. The van der Waals surface area contributed by atoms with Crippen LogP contribution in [0.25, 0.3) is 11.5 Å². The number of anilines is 1. The lowest BCUT2D eigenvalue weighted by Crippen LogP contribution is -2.30. The number of carbonyl (C=O) groups excluding carboxylic acids is 1. The second-order valence-electron chi connectivity index (χ2n) is 6.21. The molecule has 1 heterocycles. The van der Waals surface area contributed by atoms with E-state index in [4.69, 9.17) is 9.15 Å². The zero-order chi connectivity index (χ0) is 19.2. The number of amides is 1. The van der Waals surface area contributed by atoms with E-state index < -0.39 is 0 Å². The summed E-state index contributed by atoms with van der Waals surface area (Å²) in [4.78, 5) is 14.4. The van der Waals surface area contributed by atoms with Crippen molar-refractivity contribution in [2.75, 3.05) is 18.6 Å². The van der Waals surface area contributed by atoms with Crippen LogP contribution in [0.1, 0.15) is 24.8 Å². The molecular weight excluding hydrogens is 342 g/mol. The SMILES string of the molecule is CCN(C(=O)CCc1nnc(-c2ccc(OC)cc2)o1)c1cccc(C)c1. The fourth-order valence-electron chi connectivity index (χ4n) is 2.85. The average molecular weight is 365 g/mol. The summed E-state index contributed by atoms with van der Waals surface area (Å²) in [6.07, 6.45) is 0.719. The summed E-state index contributed by atoms with van der Waals surface area (Å²) in [6, 6.07) is 15.3. The van der Waals surface area contributed by atoms with Crippen molar-refractivity contribution in [3.05, 3.63) is 60.0 Å². The molecule has 1 amide bonds. The molecule has 2 aromatic carbocycles. The lowest BCUT2D eigenvalue weighted by molar-refractivity contribution is -0.118. The van der Waals surface area contributed by atoms with Gasteiger partial charge in [-0.15, -0.1) is 10.2 Å². The average Bonchev–Trinajstić information content (AvgIpc) is 3.16. The van der Waals surface area contributed by atoms with E-state index >= 15 is 0 Å². The first-order valence-electron chi connectivity index (χ1n) is 8.94. The highest BCUT2D eigenvalue weighted by Crippen LogP contribution is 2.22. The van der Waals surface area contributed by atoms with Gasteiger partial charge in [0, 0.05) is 30.6 Å². The van der Waals surface area contributed by atoms with E-state index in [1.807, 2.05) is 62.4 Å². The van der Waals surface area contributed by atoms with Gasteiger partial charge in [-0.3, -0.25) is 4.79 Å². The predicted octanol–water partition coefficient (Wildman–Crippen LogP) is 4.04. The topological polar surface area (TPSA) is 68.5 Å². The summed E-state index contributed by atoms with van der Waals surface area (Å²) in [7, 11) is 1.62. The Kier molecular flexibility index (Phi) is 5.86. The van der Waals surface area contributed by atoms with Crippen molar-refractivity contribution < 1.29 is 13.9 Å². The van der Waals surface area contributed by atoms with Crippen LogP contribution < -0.4 is 9.64 Å². The molecule has 0 fully saturated rings. The molecule has 6 heteroatoms. The van der Waals surface area contributed by atoms with Gasteiger partial charge in [-0.1, -0.05) is 12.1 Å². The number of hydrogen-bond acceptors (Lipinski definition) is 5. The van der Waals surface area contributed by atoms with Gasteiger partial charge in [-0.2, -0.15) is 0 Å². The van der Waals surface area contributed by atoms with Gasteiger partial charge in [0.05, 0.1) is 7.11 Å². The van der Waals surface area contributed by atoms with Gasteiger partial charge in [0.1, 0.15) is 5.75 Å². The quantitative estimate of drug-likeness (QED) is 0.632. The monoisotopic (exact) mass is 365 g/mol. The largest absolute Gasteiger partial charge is 0.497 e. The molecule has 0 spiro atoms. The molecule has 0 bridgehead atoms. The van der Waals surface area contributed by atoms with Crippen LogP contribution in [0.5, 0.6) is 5.75 Å². The minimum atomic E-state index is 0.0345. The summed E-state index contributed by atoms with van der Waals surface area (Å²) in [5.74, 6) is 1.69. The summed E-state index contributed by atoms with van der Waals surface area (Å²) in [5, 5.41) is 8.13. The smallest absolute Gasteiger partial charge is 0.247 e. The van der Waals surface area contributed by atoms with Gasteiger partial charge in [0.25, 0.3) is 0 Å². The molecule has 0 saturated heterocycles. The third kappa shape index (κ3) is 4.53. The van der Waals surface area contributed by atoms with Gasteiger partial charge in [-0.25, -0.2) is 0 Å². The molecule has 0 unspecified atom stereocenters. The third-order valence-corrected chi connectivity index (χ3v) is 4.29. The molecule has 0 aliphatic heterocycles. The molecule has 0 atom stereocenters. The first kappa shape index (κ1) is 18.6. The van der Waals surface area contributed by atoms with Crippen LogP contribution in [-0.2, 0) is 11.2 Å². The number of hydrogen-bond donors (Lipinski definition) is 0. The number of methoxy groups -OCH3 is 1. The van der Waals surface area contributed by atoms with Crippen molar-refractivity contribution in [3.63, 3.8) is 0 Å². The van der Waals surface area contributed by atoms with E-state index in [2.05, 4.69) is 10.2 Å². The molecule has 0 aliphatic carbocycles. The van der Waals surface area contributed by atoms with E-state index in [0.29, 0.717) is 31.2 Å². The molecule has 3 rings (SSSR count). The highest BCUT2D eigenvalue weighted by molar-refractivity contribution is 5.93. The molecule has 27 heavy (non-hydrogen) atoms. The molecule has 6 nitrogen and oxygen atoms in total. The number of benzene rings is 2. The minimum Gasteiger partial charge on any atom is -0.497 e. The molecule has 0 radical (unpaired) electrons. The van der Waals surface area contributed by atoms with Gasteiger partial charge in [0.2, 0.25) is 17.7 Å². The standard InChI is InChI=1S/C21H23N3O3/c1-4-24(17-7-5-6-15(2)14-17)20(25)13-12-19-22-23-21(27-19)16-8-10-18(26-3)11-9-16/h5-11,14H,4,12-13H2,1-3H3. The van der Waals surface area contributed by atoms with Crippen LogP contribution in [0.4, 0.5) is 5.69 Å². The summed E-state index contributed by atoms with van der Waals surface area (Å²) < 4.78 is 10.8. The Morgan fingerprint density at radius 3 is 2.59 bits per heavy atom. The van der Waals surface area contributed by atoms with E-state index in [9.17, 15) is 4.79 Å². The minimum absolute atomic E-state index is 0.0345. The van der Waals surface area contributed by atoms with Gasteiger partial charge >= 0.3 is 0 Å². The Bertz CT molecular complexity index is 903. The van der Waals surface area contributed by atoms with E-state index in [1.54, 1.807) is 12.0 Å². The maximum Gasteiger partial charge on any atom is 0.247 e. The van der Waals surface area contributed by atoms with E-state index in [1.165, 1.54) is 0 Å². The number of rotatable bonds is 7. The summed E-state index contributed by atoms with van der Waals surface area (Å²) in [6.45, 7) is 4.60. The third-order valence-electron chi connectivity index (χ3n) is 4.29. The predicted molar refractivity (Wildman–Crippen MR) is 104 cm³/mol. The molecule has 0 aliphatic rings. The molecule has 0 saturated carbocycles. The number of ether oxygens (including phenoxy) is 1. The second kappa shape index (κ2) is 8.49. The van der Waals surface area contributed by atoms with Gasteiger partial charge < -0.3 is 14.1 Å². The van der Waals surface area contributed by atoms with Gasteiger partial charge in [0.15, 0.2) is 0 Å². The van der Waals surface area contributed by atoms with E-state index in [-0.39, 0.29) is 5.91 Å². The summed E-state index contributed by atoms with van der Waals surface area (Å²) in [5.41, 5.74) is 2.85. The Labute approximate surface area is 158 Å². The van der Waals surface area contributed by atoms with Crippen molar-refractivity contribution in [1.82, 2.24) is 10.2 Å². The Morgan fingerprint density at radius 2 is 1.93 bits per heavy atom. The first-order chi connectivity index (χ1) is 13.1. The maximum atomic E-state index is 12.6. The Balaban J connectivity index is 1.64. The van der Waals surface area contributed by atoms with Crippen molar-refractivity contribution in [1.29, 1.82) is 0 Å². The van der Waals surface area contributed by atoms with Crippen molar-refractivity contribution in [3.8, 4) is 17.2 Å². The number of aromatic nitrogens is 2.